The van der Waals surface area contributed by atoms with E-state index in [0.717, 1.165) is 6.42 Å². The summed E-state index contributed by atoms with van der Waals surface area (Å²) < 4.78 is 19.0. The lowest BCUT2D eigenvalue weighted by molar-refractivity contribution is 0.0952. The summed E-state index contributed by atoms with van der Waals surface area (Å²) >= 11 is 1.66. The molecule has 106 valence electrons. The molecule has 1 heterocycles. The summed E-state index contributed by atoms with van der Waals surface area (Å²) in [6.45, 7) is 0.635. The van der Waals surface area contributed by atoms with Crippen molar-refractivity contribution < 1.29 is 13.9 Å². The van der Waals surface area contributed by atoms with Crippen molar-refractivity contribution in [2.45, 2.75) is 13.0 Å². The minimum Gasteiger partial charge on any atom is -0.376 e. The second kappa shape index (κ2) is 7.14. The Morgan fingerprint density at radius 3 is 2.95 bits per heavy atom. The van der Waals surface area contributed by atoms with Gasteiger partial charge in [-0.05, 0) is 29.6 Å². The Bertz CT molecular complexity index is 573. The van der Waals surface area contributed by atoms with Crippen molar-refractivity contribution in [2.75, 3.05) is 6.61 Å². The molecule has 0 unspecified atom stereocenters. The van der Waals surface area contributed by atoms with E-state index in [9.17, 15) is 9.18 Å². The summed E-state index contributed by atoms with van der Waals surface area (Å²) in [5.41, 5.74) is 2.67. The second-order valence-corrected chi connectivity index (χ2v) is 5.19. The molecule has 0 aliphatic heterocycles. The van der Waals surface area contributed by atoms with Gasteiger partial charge in [-0.3, -0.25) is 10.2 Å². The molecule has 0 aliphatic rings. The van der Waals surface area contributed by atoms with Gasteiger partial charge in [-0.15, -0.1) is 11.3 Å². The fourth-order valence-electron chi connectivity index (χ4n) is 1.72. The molecule has 2 aromatic rings. The molecule has 0 bridgehead atoms. The Kier molecular flexibility index (Phi) is 5.23. The first-order valence-electron chi connectivity index (χ1n) is 6.10. The van der Waals surface area contributed by atoms with Crippen molar-refractivity contribution in [2.24, 2.45) is 5.84 Å². The highest BCUT2D eigenvalue weighted by Crippen LogP contribution is 2.13. The van der Waals surface area contributed by atoms with Crippen LogP contribution in [-0.2, 0) is 17.8 Å². The Morgan fingerprint density at radius 2 is 2.25 bits per heavy atom. The third kappa shape index (κ3) is 3.86. The number of carbonyl (C=O) groups excluding carboxylic acids is 1. The van der Waals surface area contributed by atoms with Crippen molar-refractivity contribution in [1.82, 2.24) is 5.43 Å². The Morgan fingerprint density at radius 1 is 1.40 bits per heavy atom. The van der Waals surface area contributed by atoms with E-state index in [0.29, 0.717) is 17.7 Å². The van der Waals surface area contributed by atoms with Crippen LogP contribution in [-0.4, -0.2) is 12.5 Å². The maximum Gasteiger partial charge on any atom is 0.265 e. The number of benzene rings is 1. The van der Waals surface area contributed by atoms with Gasteiger partial charge in [0.05, 0.1) is 13.2 Å². The van der Waals surface area contributed by atoms with Crippen molar-refractivity contribution in [3.63, 3.8) is 0 Å². The SMILES string of the molecule is NNC(=O)c1ccc(F)c(COCCc2cccs2)c1. The van der Waals surface area contributed by atoms with Crippen LogP contribution in [0.15, 0.2) is 35.7 Å². The molecule has 0 spiro atoms. The van der Waals surface area contributed by atoms with Gasteiger partial charge in [-0.25, -0.2) is 10.2 Å². The highest BCUT2D eigenvalue weighted by molar-refractivity contribution is 7.09. The van der Waals surface area contributed by atoms with Crippen LogP contribution in [0.4, 0.5) is 4.39 Å². The topological polar surface area (TPSA) is 64.3 Å². The molecular formula is C14H15FN2O2S. The molecule has 6 heteroatoms. The van der Waals surface area contributed by atoms with Gasteiger partial charge in [-0.1, -0.05) is 6.07 Å². The van der Waals surface area contributed by atoms with Gasteiger partial charge in [-0.2, -0.15) is 0 Å². The average Bonchev–Trinajstić information content (AvgIpc) is 2.97. The molecule has 2 rings (SSSR count). The van der Waals surface area contributed by atoms with Crippen LogP contribution >= 0.6 is 11.3 Å². The number of hydrazine groups is 1. The molecule has 1 aromatic heterocycles. The number of nitrogens with two attached hydrogens (primary N) is 1. The molecule has 3 N–H and O–H groups in total. The number of thiophene rings is 1. The molecule has 0 atom stereocenters. The fraction of sp³-hybridized carbons (Fsp3) is 0.214. The van der Waals surface area contributed by atoms with Crippen molar-refractivity contribution in [3.8, 4) is 0 Å². The van der Waals surface area contributed by atoms with Crippen LogP contribution < -0.4 is 11.3 Å². The van der Waals surface area contributed by atoms with Crippen molar-refractivity contribution >= 4 is 17.2 Å². The second-order valence-electron chi connectivity index (χ2n) is 4.16. The largest absolute Gasteiger partial charge is 0.376 e. The molecule has 4 nitrogen and oxygen atoms in total. The van der Waals surface area contributed by atoms with Crippen LogP contribution in [0.2, 0.25) is 0 Å². The fourth-order valence-corrected chi connectivity index (χ4v) is 2.41. The number of halogens is 1. The lowest BCUT2D eigenvalue weighted by atomic mass is 10.1. The van der Waals surface area contributed by atoms with Gasteiger partial charge in [0.15, 0.2) is 0 Å². The first kappa shape index (κ1) is 14.6. The van der Waals surface area contributed by atoms with E-state index < -0.39 is 11.7 Å². The minimum atomic E-state index is -0.454. The number of amides is 1. The van der Waals surface area contributed by atoms with E-state index in [1.165, 1.54) is 23.1 Å². The summed E-state index contributed by atoms with van der Waals surface area (Å²) in [6.07, 6.45) is 0.794. The van der Waals surface area contributed by atoms with Crippen LogP contribution in [0, 0.1) is 5.82 Å². The number of rotatable bonds is 6. The van der Waals surface area contributed by atoms with Gasteiger partial charge in [0.1, 0.15) is 5.82 Å². The highest BCUT2D eigenvalue weighted by Gasteiger charge is 2.08. The first-order valence-corrected chi connectivity index (χ1v) is 6.98. The summed E-state index contributed by atoms with van der Waals surface area (Å²) in [5.74, 6) is 4.20. The lowest BCUT2D eigenvalue weighted by Crippen LogP contribution is -2.30. The summed E-state index contributed by atoms with van der Waals surface area (Å²) in [5, 5.41) is 2.00. The van der Waals surface area contributed by atoms with Gasteiger partial charge in [0, 0.05) is 22.4 Å². The molecule has 1 amide bonds. The van der Waals surface area contributed by atoms with Crippen LogP contribution in [0.25, 0.3) is 0 Å². The maximum atomic E-state index is 13.6. The number of hydrogen-bond donors (Lipinski definition) is 2. The molecule has 0 aliphatic carbocycles. The summed E-state index contributed by atoms with van der Waals surface area (Å²) in [7, 11) is 0. The third-order valence-electron chi connectivity index (χ3n) is 2.77. The zero-order chi connectivity index (χ0) is 14.4. The first-order chi connectivity index (χ1) is 9.70. The third-order valence-corrected chi connectivity index (χ3v) is 3.71. The van der Waals surface area contributed by atoms with Gasteiger partial charge >= 0.3 is 0 Å². The maximum absolute atomic E-state index is 13.6. The molecule has 1 aromatic carbocycles. The van der Waals surface area contributed by atoms with Crippen molar-refractivity contribution in [1.29, 1.82) is 0 Å². The van der Waals surface area contributed by atoms with Gasteiger partial charge < -0.3 is 4.74 Å². The van der Waals surface area contributed by atoms with E-state index in [-0.39, 0.29) is 6.61 Å². The number of nitrogens with one attached hydrogen (secondary N) is 1. The zero-order valence-electron chi connectivity index (χ0n) is 10.8. The van der Waals surface area contributed by atoms with E-state index in [4.69, 9.17) is 10.6 Å². The standard InChI is InChI=1S/C14H15FN2O2S/c15-13-4-3-10(14(18)17-16)8-11(13)9-19-6-5-12-2-1-7-20-12/h1-4,7-8H,5-6,9,16H2,(H,17,18). The van der Waals surface area contributed by atoms with Crippen LogP contribution in [0.5, 0.6) is 0 Å². The zero-order valence-corrected chi connectivity index (χ0v) is 11.6. The van der Waals surface area contributed by atoms with Gasteiger partial charge in [0.25, 0.3) is 5.91 Å². The predicted molar refractivity (Wildman–Crippen MR) is 75.7 cm³/mol. The Hall–Kier alpha value is -1.76. The van der Waals surface area contributed by atoms with Crippen LogP contribution in [0.3, 0.4) is 0 Å². The lowest BCUT2D eigenvalue weighted by Gasteiger charge is -2.07. The quantitative estimate of drug-likeness (QED) is 0.372. The molecule has 20 heavy (non-hydrogen) atoms. The minimum absolute atomic E-state index is 0.128. The normalized spacial score (nSPS) is 10.5. The molecular weight excluding hydrogens is 279 g/mol. The molecule has 0 radical (unpaired) electrons. The van der Waals surface area contributed by atoms with Gasteiger partial charge in [0.2, 0.25) is 0 Å². The summed E-state index contributed by atoms with van der Waals surface area (Å²) in [4.78, 5) is 12.6. The van der Waals surface area contributed by atoms with Crippen molar-refractivity contribution in [3.05, 3.63) is 57.5 Å². The Balaban J connectivity index is 1.89. The van der Waals surface area contributed by atoms with Crippen LogP contribution in [0.1, 0.15) is 20.8 Å². The van der Waals surface area contributed by atoms with E-state index in [2.05, 4.69) is 0 Å². The number of carbonyl (C=O) groups is 1. The average molecular weight is 294 g/mol. The van der Waals surface area contributed by atoms with E-state index in [1.54, 1.807) is 11.3 Å². The van der Waals surface area contributed by atoms with E-state index in [1.807, 2.05) is 22.9 Å². The summed E-state index contributed by atoms with van der Waals surface area (Å²) in [6, 6.07) is 8.08. The number of ether oxygens (including phenoxy) is 1. The highest BCUT2D eigenvalue weighted by atomic mass is 32.1. The Labute approximate surface area is 120 Å². The molecule has 0 saturated heterocycles. The smallest absolute Gasteiger partial charge is 0.265 e. The number of nitrogen functional groups attached to an aromatic ring is 1. The molecule has 0 fully saturated rings. The monoisotopic (exact) mass is 294 g/mol. The van der Waals surface area contributed by atoms with E-state index >= 15 is 0 Å². The molecule has 0 saturated carbocycles. The predicted octanol–water partition coefficient (Wildman–Crippen LogP) is 2.25. The number of hydrogen-bond acceptors (Lipinski definition) is 4.